The van der Waals surface area contributed by atoms with Gasteiger partial charge in [0.1, 0.15) is 11.6 Å². The van der Waals surface area contributed by atoms with E-state index in [4.69, 9.17) is 5.73 Å². The van der Waals surface area contributed by atoms with E-state index in [0.717, 1.165) is 43.9 Å². The minimum atomic E-state index is 0.374. The van der Waals surface area contributed by atoms with Crippen LogP contribution in [0.1, 0.15) is 40.0 Å². The van der Waals surface area contributed by atoms with Gasteiger partial charge >= 0.3 is 0 Å². The lowest BCUT2D eigenvalue weighted by molar-refractivity contribution is 0.0873. The summed E-state index contributed by atoms with van der Waals surface area (Å²) < 4.78 is 0. The van der Waals surface area contributed by atoms with E-state index < -0.39 is 0 Å². The molecule has 6 heteroatoms. The summed E-state index contributed by atoms with van der Waals surface area (Å²) in [7, 11) is 0. The molecule has 1 aromatic rings. The highest BCUT2D eigenvalue weighted by Gasteiger charge is 2.36. The summed E-state index contributed by atoms with van der Waals surface area (Å²) >= 11 is 0. The van der Waals surface area contributed by atoms with Crippen LogP contribution in [0.4, 0.5) is 17.6 Å². The van der Waals surface area contributed by atoms with Crippen LogP contribution < -0.4 is 15.5 Å². The highest BCUT2D eigenvalue weighted by molar-refractivity contribution is 5.55. The number of hydrogen-bond acceptors (Lipinski definition) is 6. The quantitative estimate of drug-likeness (QED) is 0.895. The van der Waals surface area contributed by atoms with E-state index in [1.54, 1.807) is 0 Å². The molecule has 1 aromatic heterocycles. The molecule has 0 saturated carbocycles. The number of aromatic nitrogens is 2. The summed E-state index contributed by atoms with van der Waals surface area (Å²) in [6.07, 6.45) is 4.06. The fraction of sp³-hybridized carbons (Fsp3) is 0.765. The minimum absolute atomic E-state index is 0.374. The first-order chi connectivity index (χ1) is 11.1. The molecule has 3 rings (SSSR count). The summed E-state index contributed by atoms with van der Waals surface area (Å²) in [5.74, 6) is 2.28. The summed E-state index contributed by atoms with van der Waals surface area (Å²) in [5, 5.41) is 0. The van der Waals surface area contributed by atoms with E-state index in [2.05, 4.69) is 51.5 Å². The molecule has 0 unspecified atom stereocenters. The third kappa shape index (κ3) is 3.37. The van der Waals surface area contributed by atoms with Gasteiger partial charge in [-0.05, 0) is 40.2 Å². The van der Waals surface area contributed by atoms with Gasteiger partial charge in [-0.3, -0.25) is 4.90 Å². The smallest absolute Gasteiger partial charge is 0.223 e. The van der Waals surface area contributed by atoms with Gasteiger partial charge < -0.3 is 15.5 Å². The second kappa shape index (κ2) is 6.91. The van der Waals surface area contributed by atoms with Crippen molar-refractivity contribution in [2.45, 2.75) is 52.1 Å². The number of anilines is 3. The largest absolute Gasteiger partial charge is 0.368 e. The molecule has 0 aliphatic carbocycles. The molecular formula is C17H30N6. The Bertz CT molecular complexity index is 524. The van der Waals surface area contributed by atoms with Gasteiger partial charge in [0.05, 0.1) is 0 Å². The standard InChI is InChI=1S/C17H30N6/c1-4-21(5-2)15-10-16(20-17(18)19-15)22-11-14(12-22)23-9-7-6-8-13(23)3/h10,13-14H,4-9,11-12H2,1-3H3,(H2,18,19,20)/t13-/m0/s1. The maximum atomic E-state index is 5.94. The molecule has 0 radical (unpaired) electrons. The molecule has 128 valence electrons. The van der Waals surface area contributed by atoms with E-state index in [-0.39, 0.29) is 0 Å². The van der Waals surface area contributed by atoms with E-state index >= 15 is 0 Å². The molecule has 23 heavy (non-hydrogen) atoms. The first kappa shape index (κ1) is 16.3. The third-order valence-electron chi connectivity index (χ3n) is 5.31. The Hall–Kier alpha value is -1.56. The van der Waals surface area contributed by atoms with E-state index in [0.29, 0.717) is 12.0 Å². The van der Waals surface area contributed by atoms with Crippen LogP contribution in [0.15, 0.2) is 6.07 Å². The van der Waals surface area contributed by atoms with E-state index in [1.165, 1.54) is 25.8 Å². The molecule has 2 N–H and O–H groups in total. The predicted octanol–water partition coefficient (Wildman–Crippen LogP) is 1.97. The van der Waals surface area contributed by atoms with Crippen LogP contribution in [-0.4, -0.2) is 59.7 Å². The Kier molecular flexibility index (Phi) is 4.90. The normalized spacial score (nSPS) is 22.9. The highest BCUT2D eigenvalue weighted by Crippen LogP contribution is 2.29. The first-order valence-electron chi connectivity index (χ1n) is 9.02. The van der Waals surface area contributed by atoms with Crippen molar-refractivity contribution in [2.24, 2.45) is 0 Å². The first-order valence-corrected chi connectivity index (χ1v) is 9.02. The van der Waals surface area contributed by atoms with Gasteiger partial charge in [-0.1, -0.05) is 6.42 Å². The molecule has 2 aliphatic rings. The molecule has 0 bridgehead atoms. The monoisotopic (exact) mass is 318 g/mol. The van der Waals surface area contributed by atoms with E-state index in [9.17, 15) is 0 Å². The minimum Gasteiger partial charge on any atom is -0.368 e. The molecule has 2 saturated heterocycles. The molecule has 0 aromatic carbocycles. The van der Waals surface area contributed by atoms with Crippen molar-refractivity contribution in [1.82, 2.24) is 14.9 Å². The van der Waals surface area contributed by atoms with Crippen molar-refractivity contribution in [3.8, 4) is 0 Å². The Morgan fingerprint density at radius 3 is 2.61 bits per heavy atom. The Morgan fingerprint density at radius 1 is 1.22 bits per heavy atom. The van der Waals surface area contributed by atoms with Gasteiger partial charge in [0.25, 0.3) is 0 Å². The number of hydrogen-bond donors (Lipinski definition) is 1. The van der Waals surface area contributed by atoms with E-state index in [1.807, 2.05) is 0 Å². The zero-order chi connectivity index (χ0) is 16.4. The summed E-state index contributed by atoms with van der Waals surface area (Å²) in [6.45, 7) is 11.9. The molecule has 1 atom stereocenters. The fourth-order valence-corrected chi connectivity index (χ4v) is 3.83. The SMILES string of the molecule is CCN(CC)c1cc(N2CC(N3CCCC[C@@H]3C)C2)nc(N)n1. The van der Waals surface area contributed by atoms with Crippen LogP contribution in [0.3, 0.4) is 0 Å². The van der Waals surface area contributed by atoms with Crippen molar-refractivity contribution in [3.63, 3.8) is 0 Å². The topological polar surface area (TPSA) is 61.5 Å². The maximum absolute atomic E-state index is 5.94. The average Bonchev–Trinajstić information content (AvgIpc) is 2.48. The number of piperidine rings is 1. The average molecular weight is 318 g/mol. The molecule has 2 fully saturated rings. The number of nitrogens with two attached hydrogens (primary N) is 1. The lowest BCUT2D eigenvalue weighted by Crippen LogP contribution is -2.62. The summed E-state index contributed by atoms with van der Waals surface area (Å²) in [5.41, 5.74) is 5.94. The third-order valence-corrected chi connectivity index (χ3v) is 5.31. The fourth-order valence-electron chi connectivity index (χ4n) is 3.83. The number of nitrogen functional groups attached to an aromatic ring is 1. The number of rotatable bonds is 5. The van der Waals surface area contributed by atoms with Crippen LogP contribution >= 0.6 is 0 Å². The predicted molar refractivity (Wildman–Crippen MR) is 96.0 cm³/mol. The second-order valence-electron chi connectivity index (χ2n) is 6.76. The van der Waals surface area contributed by atoms with Crippen LogP contribution in [0.5, 0.6) is 0 Å². The van der Waals surface area contributed by atoms with Crippen LogP contribution in [0.2, 0.25) is 0 Å². The van der Waals surface area contributed by atoms with Gasteiger partial charge in [0.15, 0.2) is 0 Å². The van der Waals surface area contributed by atoms with Crippen LogP contribution in [0, 0.1) is 0 Å². The van der Waals surface area contributed by atoms with Crippen molar-refractivity contribution in [2.75, 3.05) is 48.3 Å². The van der Waals surface area contributed by atoms with Crippen molar-refractivity contribution < 1.29 is 0 Å². The van der Waals surface area contributed by atoms with Gasteiger partial charge in [-0.25, -0.2) is 0 Å². The maximum Gasteiger partial charge on any atom is 0.223 e. The number of likely N-dealkylation sites (tertiary alicyclic amines) is 1. The van der Waals surface area contributed by atoms with Crippen LogP contribution in [-0.2, 0) is 0 Å². The van der Waals surface area contributed by atoms with Crippen molar-refractivity contribution >= 4 is 17.6 Å². The van der Waals surface area contributed by atoms with Gasteiger partial charge in [-0.15, -0.1) is 0 Å². The number of nitrogens with zero attached hydrogens (tertiary/aromatic N) is 5. The summed E-state index contributed by atoms with van der Waals surface area (Å²) in [6, 6.07) is 3.47. The molecule has 6 nitrogen and oxygen atoms in total. The van der Waals surface area contributed by atoms with Crippen LogP contribution in [0.25, 0.3) is 0 Å². The lowest BCUT2D eigenvalue weighted by Gasteiger charge is -2.49. The Balaban J connectivity index is 1.67. The van der Waals surface area contributed by atoms with Gasteiger partial charge in [0, 0.05) is 44.3 Å². The highest BCUT2D eigenvalue weighted by atomic mass is 15.4. The Labute approximate surface area is 139 Å². The van der Waals surface area contributed by atoms with Crippen molar-refractivity contribution in [3.05, 3.63) is 6.07 Å². The zero-order valence-electron chi connectivity index (χ0n) is 14.7. The van der Waals surface area contributed by atoms with Gasteiger partial charge in [-0.2, -0.15) is 9.97 Å². The van der Waals surface area contributed by atoms with Gasteiger partial charge in [0.2, 0.25) is 5.95 Å². The van der Waals surface area contributed by atoms with Crippen molar-refractivity contribution in [1.29, 1.82) is 0 Å². The molecule has 0 spiro atoms. The molecule has 3 heterocycles. The lowest BCUT2D eigenvalue weighted by atomic mass is 9.97. The molecule has 2 aliphatic heterocycles. The second-order valence-corrected chi connectivity index (χ2v) is 6.76. The zero-order valence-corrected chi connectivity index (χ0v) is 14.7. The Morgan fingerprint density at radius 2 is 1.96 bits per heavy atom. The molecular weight excluding hydrogens is 288 g/mol. The summed E-state index contributed by atoms with van der Waals surface area (Å²) in [4.78, 5) is 16.1. The molecule has 0 amide bonds.